The predicted octanol–water partition coefficient (Wildman–Crippen LogP) is 3.83. The molecule has 19 heavy (non-hydrogen) atoms. The van der Waals surface area contributed by atoms with Gasteiger partial charge in [0.15, 0.2) is 0 Å². The van der Waals surface area contributed by atoms with Gasteiger partial charge in [0, 0.05) is 35.4 Å². The summed E-state index contributed by atoms with van der Waals surface area (Å²) in [5.41, 5.74) is 3.65. The number of hydrogen-bond donors (Lipinski definition) is 1. The molecule has 0 saturated heterocycles. The molecule has 0 bridgehead atoms. The third-order valence-electron chi connectivity index (χ3n) is 3.22. The number of nitrogens with zero attached hydrogens (tertiary/aromatic N) is 1. The molecule has 0 fully saturated rings. The van der Waals surface area contributed by atoms with Crippen LogP contribution in [0.1, 0.15) is 11.1 Å². The van der Waals surface area contributed by atoms with Gasteiger partial charge in [-0.15, -0.1) is 0 Å². The lowest BCUT2D eigenvalue weighted by Gasteiger charge is -1.96. The summed E-state index contributed by atoms with van der Waals surface area (Å²) in [5.74, 6) is 0. The summed E-state index contributed by atoms with van der Waals surface area (Å²) in [6.45, 7) is 0.823. The average molecular weight is 248 g/mol. The third-order valence-corrected chi connectivity index (χ3v) is 3.22. The SMILES string of the molecule is C(=NCCc1ccccc1)c1c[nH]c2ccccc12. The van der Waals surface area contributed by atoms with Crippen LogP contribution in [0.2, 0.25) is 0 Å². The molecule has 0 aliphatic heterocycles. The molecular weight excluding hydrogens is 232 g/mol. The number of fused-ring (bicyclic) bond motifs is 1. The molecule has 2 nitrogen and oxygen atoms in total. The largest absolute Gasteiger partial charge is 0.361 e. The first kappa shape index (κ1) is 11.7. The molecular formula is C17H16N2. The third kappa shape index (κ3) is 2.74. The molecule has 0 radical (unpaired) electrons. The Morgan fingerprint density at radius 1 is 0.947 bits per heavy atom. The maximum Gasteiger partial charge on any atom is 0.0460 e. The summed E-state index contributed by atoms with van der Waals surface area (Å²) in [5, 5.41) is 1.23. The summed E-state index contributed by atoms with van der Waals surface area (Å²) >= 11 is 0. The molecule has 0 spiro atoms. The summed E-state index contributed by atoms with van der Waals surface area (Å²) in [6, 6.07) is 18.7. The van der Waals surface area contributed by atoms with E-state index in [0.29, 0.717) is 0 Å². The fourth-order valence-corrected chi connectivity index (χ4v) is 2.20. The summed E-state index contributed by atoms with van der Waals surface area (Å²) in [4.78, 5) is 7.77. The van der Waals surface area contributed by atoms with Gasteiger partial charge in [-0.2, -0.15) is 0 Å². The number of nitrogens with one attached hydrogen (secondary N) is 1. The highest BCUT2D eigenvalue weighted by atomic mass is 14.7. The minimum atomic E-state index is 0.823. The molecule has 0 saturated carbocycles. The minimum absolute atomic E-state index is 0.823. The van der Waals surface area contributed by atoms with Crippen molar-refractivity contribution in [1.82, 2.24) is 4.98 Å². The Morgan fingerprint density at radius 2 is 1.74 bits per heavy atom. The summed E-state index contributed by atoms with van der Waals surface area (Å²) in [6.07, 6.45) is 4.96. The second-order valence-corrected chi connectivity index (χ2v) is 4.56. The van der Waals surface area contributed by atoms with Gasteiger partial charge in [0.05, 0.1) is 0 Å². The zero-order valence-corrected chi connectivity index (χ0v) is 10.7. The monoisotopic (exact) mass is 248 g/mol. The van der Waals surface area contributed by atoms with Crippen molar-refractivity contribution >= 4 is 17.1 Å². The van der Waals surface area contributed by atoms with E-state index in [1.54, 1.807) is 0 Å². The molecule has 2 aromatic carbocycles. The Bertz CT molecular complexity index is 681. The Labute approximate surface area is 112 Å². The number of hydrogen-bond acceptors (Lipinski definition) is 1. The molecule has 3 rings (SSSR count). The van der Waals surface area contributed by atoms with Gasteiger partial charge >= 0.3 is 0 Å². The highest BCUT2D eigenvalue weighted by Gasteiger charge is 1.98. The fraction of sp³-hybridized carbons (Fsp3) is 0.118. The van der Waals surface area contributed by atoms with Gasteiger partial charge < -0.3 is 4.98 Å². The second kappa shape index (κ2) is 5.53. The number of aromatic amines is 1. The Balaban J connectivity index is 1.67. The second-order valence-electron chi connectivity index (χ2n) is 4.56. The topological polar surface area (TPSA) is 28.1 Å². The maximum atomic E-state index is 4.51. The number of rotatable bonds is 4. The van der Waals surface area contributed by atoms with E-state index in [1.807, 2.05) is 24.5 Å². The van der Waals surface area contributed by atoms with Gasteiger partial charge in [-0.25, -0.2) is 0 Å². The smallest absolute Gasteiger partial charge is 0.0460 e. The first-order chi connectivity index (χ1) is 9.43. The lowest BCUT2D eigenvalue weighted by molar-refractivity contribution is 0.974. The predicted molar refractivity (Wildman–Crippen MR) is 80.9 cm³/mol. The van der Waals surface area contributed by atoms with Crippen molar-refractivity contribution in [2.75, 3.05) is 6.54 Å². The first-order valence-corrected chi connectivity index (χ1v) is 6.53. The van der Waals surface area contributed by atoms with Crippen LogP contribution in [0.15, 0.2) is 65.8 Å². The lowest BCUT2D eigenvalue weighted by Crippen LogP contribution is -1.89. The molecule has 1 heterocycles. The van der Waals surface area contributed by atoms with Crippen molar-refractivity contribution in [3.8, 4) is 0 Å². The van der Waals surface area contributed by atoms with Crippen LogP contribution in [0.5, 0.6) is 0 Å². The van der Waals surface area contributed by atoms with Gasteiger partial charge in [-0.3, -0.25) is 4.99 Å². The van der Waals surface area contributed by atoms with Crippen molar-refractivity contribution < 1.29 is 0 Å². The number of aromatic nitrogens is 1. The molecule has 0 atom stereocenters. The van der Waals surface area contributed by atoms with E-state index in [1.165, 1.54) is 10.9 Å². The van der Waals surface area contributed by atoms with Crippen molar-refractivity contribution in [3.63, 3.8) is 0 Å². The van der Waals surface area contributed by atoms with E-state index in [4.69, 9.17) is 0 Å². The van der Waals surface area contributed by atoms with Gasteiger partial charge in [0.2, 0.25) is 0 Å². The zero-order chi connectivity index (χ0) is 12.9. The maximum absolute atomic E-state index is 4.51. The molecule has 0 aliphatic rings. The highest BCUT2D eigenvalue weighted by molar-refractivity contribution is 5.98. The fourth-order valence-electron chi connectivity index (χ4n) is 2.20. The van der Waals surface area contributed by atoms with Gasteiger partial charge in [0.1, 0.15) is 0 Å². The zero-order valence-electron chi connectivity index (χ0n) is 10.7. The van der Waals surface area contributed by atoms with Crippen LogP contribution < -0.4 is 0 Å². The standard InChI is InChI=1S/C17H16N2/c1-2-6-14(7-3-1)10-11-18-12-15-13-19-17-9-5-4-8-16(15)17/h1-9,12-13,19H,10-11H2. The minimum Gasteiger partial charge on any atom is -0.361 e. The van der Waals surface area contributed by atoms with E-state index in [9.17, 15) is 0 Å². The van der Waals surface area contributed by atoms with E-state index < -0.39 is 0 Å². The van der Waals surface area contributed by atoms with Gasteiger partial charge in [-0.05, 0) is 18.1 Å². The summed E-state index contributed by atoms with van der Waals surface area (Å²) in [7, 11) is 0. The molecule has 3 aromatic rings. The molecule has 1 N–H and O–H groups in total. The van der Waals surface area contributed by atoms with Crippen molar-refractivity contribution in [3.05, 3.63) is 71.9 Å². The molecule has 0 aliphatic carbocycles. The van der Waals surface area contributed by atoms with Crippen LogP contribution in [0, 0.1) is 0 Å². The van der Waals surface area contributed by atoms with Gasteiger partial charge in [-0.1, -0.05) is 48.5 Å². The summed E-state index contributed by atoms with van der Waals surface area (Å²) < 4.78 is 0. The van der Waals surface area contributed by atoms with E-state index >= 15 is 0 Å². The van der Waals surface area contributed by atoms with Crippen molar-refractivity contribution in [2.24, 2.45) is 4.99 Å². The van der Waals surface area contributed by atoms with E-state index in [-0.39, 0.29) is 0 Å². The molecule has 0 amide bonds. The Morgan fingerprint density at radius 3 is 2.63 bits per heavy atom. The van der Waals surface area contributed by atoms with Crippen molar-refractivity contribution in [2.45, 2.75) is 6.42 Å². The molecule has 0 unspecified atom stereocenters. The van der Waals surface area contributed by atoms with Gasteiger partial charge in [0.25, 0.3) is 0 Å². The average Bonchev–Trinajstić information content (AvgIpc) is 2.88. The van der Waals surface area contributed by atoms with Crippen LogP contribution in [0.4, 0.5) is 0 Å². The van der Waals surface area contributed by atoms with E-state index in [2.05, 4.69) is 52.4 Å². The van der Waals surface area contributed by atoms with Crippen LogP contribution in [0.3, 0.4) is 0 Å². The number of benzene rings is 2. The number of para-hydroxylation sites is 1. The first-order valence-electron chi connectivity index (χ1n) is 6.53. The lowest BCUT2D eigenvalue weighted by atomic mass is 10.1. The van der Waals surface area contributed by atoms with E-state index in [0.717, 1.165) is 24.0 Å². The number of H-pyrrole nitrogens is 1. The highest BCUT2D eigenvalue weighted by Crippen LogP contribution is 2.15. The Hall–Kier alpha value is -2.35. The van der Waals surface area contributed by atoms with Crippen LogP contribution in [0.25, 0.3) is 10.9 Å². The van der Waals surface area contributed by atoms with Crippen LogP contribution >= 0.6 is 0 Å². The number of aliphatic imine (C=N–C) groups is 1. The molecule has 2 heteroatoms. The van der Waals surface area contributed by atoms with Crippen LogP contribution in [-0.4, -0.2) is 17.7 Å². The van der Waals surface area contributed by atoms with Crippen molar-refractivity contribution in [1.29, 1.82) is 0 Å². The van der Waals surface area contributed by atoms with Crippen LogP contribution in [-0.2, 0) is 6.42 Å². The Kier molecular flexibility index (Phi) is 3.41. The molecule has 1 aromatic heterocycles. The quantitative estimate of drug-likeness (QED) is 0.680. The molecule has 94 valence electrons. The normalized spacial score (nSPS) is 11.4.